The van der Waals surface area contributed by atoms with Gasteiger partial charge in [-0.1, -0.05) is 19.8 Å². The minimum atomic E-state index is 0.800. The molecule has 0 saturated carbocycles. The molecule has 3 heteroatoms. The highest BCUT2D eigenvalue weighted by atomic mass is 15.2. The highest BCUT2D eigenvalue weighted by Crippen LogP contribution is 2.25. The Kier molecular flexibility index (Phi) is 5.96. The zero-order valence-corrected chi connectivity index (χ0v) is 14.0. The van der Waals surface area contributed by atoms with E-state index >= 15 is 0 Å². The van der Waals surface area contributed by atoms with Crippen molar-refractivity contribution < 1.29 is 0 Å². The molecule has 0 aromatic heterocycles. The summed E-state index contributed by atoms with van der Waals surface area (Å²) >= 11 is 0. The molecular weight excluding hydrogens is 258 g/mol. The molecular formula is C18H35N3. The summed E-state index contributed by atoms with van der Waals surface area (Å²) in [6.45, 7) is 11.6. The lowest BCUT2D eigenvalue weighted by Gasteiger charge is -2.43. The van der Waals surface area contributed by atoms with E-state index in [0.717, 1.165) is 17.9 Å². The molecule has 3 rings (SSSR count). The van der Waals surface area contributed by atoms with Gasteiger partial charge in [-0.2, -0.15) is 0 Å². The Labute approximate surface area is 131 Å². The SMILES string of the molecule is CC1CCCN(CC2CCNCC2N2CCCCCC2)C1. The lowest BCUT2D eigenvalue weighted by molar-refractivity contribution is 0.0737. The molecule has 21 heavy (non-hydrogen) atoms. The fraction of sp³-hybridized carbons (Fsp3) is 1.00. The highest BCUT2D eigenvalue weighted by Gasteiger charge is 2.32. The molecule has 3 atom stereocenters. The van der Waals surface area contributed by atoms with Crippen LogP contribution in [0.4, 0.5) is 0 Å². The molecule has 0 aromatic carbocycles. The predicted molar refractivity (Wildman–Crippen MR) is 89.6 cm³/mol. The molecule has 3 nitrogen and oxygen atoms in total. The first-order valence-corrected chi connectivity index (χ1v) is 9.50. The summed E-state index contributed by atoms with van der Waals surface area (Å²) in [7, 11) is 0. The quantitative estimate of drug-likeness (QED) is 0.863. The van der Waals surface area contributed by atoms with Crippen LogP contribution in [0, 0.1) is 11.8 Å². The molecule has 0 radical (unpaired) electrons. The van der Waals surface area contributed by atoms with Crippen molar-refractivity contribution >= 4 is 0 Å². The molecule has 3 saturated heterocycles. The van der Waals surface area contributed by atoms with Crippen molar-refractivity contribution in [2.24, 2.45) is 11.8 Å². The Balaban J connectivity index is 1.57. The average molecular weight is 293 g/mol. The van der Waals surface area contributed by atoms with Crippen molar-refractivity contribution in [2.75, 3.05) is 45.8 Å². The molecule has 0 amide bonds. The molecule has 0 aliphatic carbocycles. The van der Waals surface area contributed by atoms with Crippen LogP contribution in [0.25, 0.3) is 0 Å². The molecule has 3 aliphatic heterocycles. The van der Waals surface area contributed by atoms with Gasteiger partial charge in [-0.3, -0.25) is 4.90 Å². The maximum atomic E-state index is 3.67. The Morgan fingerprint density at radius 2 is 1.76 bits per heavy atom. The Bertz CT molecular complexity index is 299. The Hall–Kier alpha value is -0.120. The lowest BCUT2D eigenvalue weighted by Crippen LogP contribution is -2.55. The van der Waals surface area contributed by atoms with Gasteiger partial charge in [-0.25, -0.2) is 0 Å². The van der Waals surface area contributed by atoms with Gasteiger partial charge in [0, 0.05) is 25.7 Å². The molecule has 0 spiro atoms. The zero-order valence-electron chi connectivity index (χ0n) is 14.0. The van der Waals surface area contributed by atoms with Crippen molar-refractivity contribution in [3.63, 3.8) is 0 Å². The number of likely N-dealkylation sites (tertiary alicyclic amines) is 2. The fourth-order valence-corrected chi connectivity index (χ4v) is 4.75. The van der Waals surface area contributed by atoms with Gasteiger partial charge in [0.2, 0.25) is 0 Å². The van der Waals surface area contributed by atoms with Crippen LogP contribution in [0.1, 0.15) is 51.9 Å². The summed E-state index contributed by atoms with van der Waals surface area (Å²) < 4.78 is 0. The summed E-state index contributed by atoms with van der Waals surface area (Å²) in [6.07, 6.45) is 9.98. The van der Waals surface area contributed by atoms with E-state index in [2.05, 4.69) is 22.0 Å². The van der Waals surface area contributed by atoms with Gasteiger partial charge < -0.3 is 10.2 Å². The van der Waals surface area contributed by atoms with Crippen LogP contribution >= 0.6 is 0 Å². The number of nitrogens with zero attached hydrogens (tertiary/aromatic N) is 2. The van der Waals surface area contributed by atoms with Crippen LogP contribution in [0.2, 0.25) is 0 Å². The molecule has 0 aromatic rings. The third kappa shape index (κ3) is 4.43. The first-order valence-electron chi connectivity index (χ1n) is 9.50. The molecule has 3 heterocycles. The molecule has 3 fully saturated rings. The molecule has 3 aliphatic rings. The molecule has 3 unspecified atom stereocenters. The van der Waals surface area contributed by atoms with Crippen molar-refractivity contribution in [1.82, 2.24) is 15.1 Å². The van der Waals surface area contributed by atoms with E-state index in [9.17, 15) is 0 Å². The van der Waals surface area contributed by atoms with Gasteiger partial charge >= 0.3 is 0 Å². The largest absolute Gasteiger partial charge is 0.315 e. The first kappa shape index (κ1) is 15.8. The third-order valence-electron chi connectivity index (χ3n) is 5.93. The highest BCUT2D eigenvalue weighted by molar-refractivity contribution is 4.89. The van der Waals surface area contributed by atoms with E-state index in [1.807, 2.05) is 0 Å². The smallest absolute Gasteiger partial charge is 0.0261 e. The van der Waals surface area contributed by atoms with E-state index in [1.54, 1.807) is 0 Å². The van der Waals surface area contributed by atoms with Gasteiger partial charge in [-0.05, 0) is 70.1 Å². The lowest BCUT2D eigenvalue weighted by atomic mass is 9.89. The zero-order chi connectivity index (χ0) is 14.5. The van der Waals surface area contributed by atoms with Crippen LogP contribution in [-0.4, -0.2) is 61.7 Å². The predicted octanol–water partition coefficient (Wildman–Crippen LogP) is 2.57. The topological polar surface area (TPSA) is 18.5 Å². The van der Waals surface area contributed by atoms with Crippen molar-refractivity contribution in [3.8, 4) is 0 Å². The summed E-state index contributed by atoms with van der Waals surface area (Å²) in [5.74, 6) is 1.81. The number of rotatable bonds is 3. The summed E-state index contributed by atoms with van der Waals surface area (Å²) in [4.78, 5) is 5.60. The van der Waals surface area contributed by atoms with Gasteiger partial charge in [0.05, 0.1) is 0 Å². The van der Waals surface area contributed by atoms with Crippen LogP contribution in [-0.2, 0) is 0 Å². The Morgan fingerprint density at radius 3 is 2.52 bits per heavy atom. The van der Waals surface area contributed by atoms with Crippen LogP contribution in [0.3, 0.4) is 0 Å². The second-order valence-corrected chi connectivity index (χ2v) is 7.78. The average Bonchev–Trinajstić information content (AvgIpc) is 2.77. The van der Waals surface area contributed by atoms with Gasteiger partial charge in [0.25, 0.3) is 0 Å². The van der Waals surface area contributed by atoms with Crippen molar-refractivity contribution in [1.29, 1.82) is 0 Å². The van der Waals surface area contributed by atoms with E-state index in [0.29, 0.717) is 0 Å². The first-order chi connectivity index (χ1) is 10.3. The van der Waals surface area contributed by atoms with Crippen LogP contribution in [0.15, 0.2) is 0 Å². The maximum absolute atomic E-state index is 3.67. The van der Waals surface area contributed by atoms with E-state index in [1.165, 1.54) is 90.8 Å². The summed E-state index contributed by atoms with van der Waals surface area (Å²) in [5.41, 5.74) is 0. The number of hydrogen-bond donors (Lipinski definition) is 1. The van der Waals surface area contributed by atoms with Crippen LogP contribution < -0.4 is 5.32 Å². The standard InChI is InChI=1S/C18H35N3/c1-16-7-6-10-20(14-16)15-17-8-9-19-13-18(17)21-11-4-2-3-5-12-21/h16-19H,2-15H2,1H3. The molecule has 1 N–H and O–H groups in total. The number of hydrogen-bond acceptors (Lipinski definition) is 3. The van der Waals surface area contributed by atoms with Gasteiger partial charge in [0.15, 0.2) is 0 Å². The van der Waals surface area contributed by atoms with Crippen molar-refractivity contribution in [2.45, 2.75) is 57.9 Å². The van der Waals surface area contributed by atoms with E-state index < -0.39 is 0 Å². The van der Waals surface area contributed by atoms with E-state index in [-0.39, 0.29) is 0 Å². The van der Waals surface area contributed by atoms with Crippen molar-refractivity contribution in [3.05, 3.63) is 0 Å². The summed E-state index contributed by atoms with van der Waals surface area (Å²) in [5, 5.41) is 3.67. The molecule has 0 bridgehead atoms. The third-order valence-corrected chi connectivity index (χ3v) is 5.93. The maximum Gasteiger partial charge on any atom is 0.0261 e. The second-order valence-electron chi connectivity index (χ2n) is 7.78. The van der Waals surface area contributed by atoms with Gasteiger partial charge in [-0.15, -0.1) is 0 Å². The normalized spacial score (nSPS) is 37.3. The number of nitrogens with one attached hydrogen (secondary N) is 1. The van der Waals surface area contributed by atoms with Gasteiger partial charge in [0.1, 0.15) is 0 Å². The minimum absolute atomic E-state index is 0.800. The summed E-state index contributed by atoms with van der Waals surface area (Å²) in [6, 6.07) is 0.800. The minimum Gasteiger partial charge on any atom is -0.315 e. The fourth-order valence-electron chi connectivity index (χ4n) is 4.75. The monoisotopic (exact) mass is 293 g/mol. The second kappa shape index (κ2) is 7.94. The molecule has 122 valence electrons. The Morgan fingerprint density at radius 1 is 0.952 bits per heavy atom. The van der Waals surface area contributed by atoms with E-state index in [4.69, 9.17) is 0 Å². The van der Waals surface area contributed by atoms with Crippen LogP contribution in [0.5, 0.6) is 0 Å². The number of piperidine rings is 2.